The van der Waals surface area contributed by atoms with E-state index in [-0.39, 0.29) is 11.5 Å². The van der Waals surface area contributed by atoms with Gasteiger partial charge >= 0.3 is 11.2 Å². The third kappa shape index (κ3) is 3.74. The number of pyridine rings is 1. The molecule has 3 rings (SSSR count). The van der Waals surface area contributed by atoms with Crippen LogP contribution in [0.2, 0.25) is 0 Å². The number of benzene rings is 1. The fourth-order valence-corrected chi connectivity index (χ4v) is 3.24. The minimum absolute atomic E-state index is 0.200. The highest BCUT2D eigenvalue weighted by Gasteiger charge is 2.27. The molecule has 8 heteroatoms. The molecule has 2 N–H and O–H groups in total. The Kier molecular flexibility index (Phi) is 5.01. The summed E-state index contributed by atoms with van der Waals surface area (Å²) >= 11 is 0. The van der Waals surface area contributed by atoms with Crippen molar-refractivity contribution in [2.24, 2.45) is 5.92 Å². The van der Waals surface area contributed by atoms with Gasteiger partial charge in [-0.2, -0.15) is 0 Å². The summed E-state index contributed by atoms with van der Waals surface area (Å²) in [5.41, 5.74) is -0.236. The van der Waals surface area contributed by atoms with Crippen molar-refractivity contribution < 1.29 is 9.72 Å². The largest absolute Gasteiger partial charge is 0.371 e. The van der Waals surface area contributed by atoms with E-state index in [1.54, 1.807) is 6.92 Å². The molecule has 8 nitrogen and oxygen atoms in total. The number of hydrogen-bond donors (Lipinski definition) is 2. The van der Waals surface area contributed by atoms with E-state index in [1.807, 2.05) is 30.3 Å². The van der Waals surface area contributed by atoms with E-state index in [1.165, 1.54) is 6.07 Å². The van der Waals surface area contributed by atoms with Crippen LogP contribution < -0.4 is 15.8 Å². The fourth-order valence-electron chi connectivity index (χ4n) is 3.24. The number of hydrogen-bond acceptors (Lipinski definition) is 5. The monoisotopic (exact) mass is 356 g/mol. The maximum atomic E-state index is 12.4. The van der Waals surface area contributed by atoms with Crippen LogP contribution in [0.15, 0.2) is 41.2 Å². The Morgan fingerprint density at radius 1 is 1.38 bits per heavy atom. The van der Waals surface area contributed by atoms with Gasteiger partial charge in [0.25, 0.3) is 5.91 Å². The predicted molar refractivity (Wildman–Crippen MR) is 97.5 cm³/mol. The number of carbonyl (C=O) groups excluding carboxylic acids is 1. The zero-order valence-electron chi connectivity index (χ0n) is 14.4. The maximum absolute atomic E-state index is 12.4. The lowest BCUT2D eigenvalue weighted by molar-refractivity contribution is -0.386. The molecule has 0 unspecified atom stereocenters. The lowest BCUT2D eigenvalue weighted by atomic mass is 10.1. The predicted octanol–water partition coefficient (Wildman–Crippen LogP) is 1.85. The Morgan fingerprint density at radius 2 is 2.12 bits per heavy atom. The molecule has 1 amide bonds. The Balaban J connectivity index is 1.65. The Labute approximate surface area is 150 Å². The highest BCUT2D eigenvalue weighted by Crippen LogP contribution is 2.23. The van der Waals surface area contributed by atoms with E-state index >= 15 is 0 Å². The van der Waals surface area contributed by atoms with Crippen molar-refractivity contribution in [3.05, 3.63) is 68.1 Å². The number of nitro groups is 1. The number of rotatable bonds is 5. The molecule has 1 aromatic carbocycles. The Morgan fingerprint density at radius 3 is 2.81 bits per heavy atom. The smallest absolute Gasteiger partial charge is 0.346 e. The van der Waals surface area contributed by atoms with Crippen molar-refractivity contribution in [1.29, 1.82) is 0 Å². The summed E-state index contributed by atoms with van der Waals surface area (Å²) in [4.78, 5) is 39.1. The average molecular weight is 356 g/mol. The molecule has 2 aromatic rings. The molecule has 1 atom stereocenters. The zero-order valence-corrected chi connectivity index (χ0v) is 14.4. The topological polar surface area (TPSA) is 108 Å². The highest BCUT2D eigenvalue weighted by molar-refractivity contribution is 5.98. The zero-order chi connectivity index (χ0) is 18.7. The summed E-state index contributed by atoms with van der Waals surface area (Å²) in [6.07, 6.45) is 0.922. The van der Waals surface area contributed by atoms with Crippen molar-refractivity contribution in [3.8, 4) is 0 Å². The van der Waals surface area contributed by atoms with Gasteiger partial charge in [0, 0.05) is 31.0 Å². The number of aromatic amines is 1. The van der Waals surface area contributed by atoms with Crippen molar-refractivity contribution >= 4 is 17.3 Å². The molecule has 136 valence electrons. The van der Waals surface area contributed by atoms with Gasteiger partial charge in [-0.3, -0.25) is 19.7 Å². The normalized spacial score (nSPS) is 16.5. The van der Waals surface area contributed by atoms with Gasteiger partial charge < -0.3 is 15.2 Å². The molecule has 0 bridgehead atoms. The number of H-pyrrole nitrogens is 1. The summed E-state index contributed by atoms with van der Waals surface area (Å²) in [5.74, 6) is -0.342. The van der Waals surface area contributed by atoms with Crippen LogP contribution in [0.1, 0.15) is 22.5 Å². The number of amides is 1. The molecule has 0 aliphatic carbocycles. The second-order valence-electron chi connectivity index (χ2n) is 6.45. The van der Waals surface area contributed by atoms with Crippen molar-refractivity contribution in [2.75, 3.05) is 24.5 Å². The van der Waals surface area contributed by atoms with Crippen LogP contribution in [-0.2, 0) is 0 Å². The molecule has 0 radical (unpaired) electrons. The first kappa shape index (κ1) is 17.7. The van der Waals surface area contributed by atoms with Gasteiger partial charge in [-0.15, -0.1) is 0 Å². The number of anilines is 1. The van der Waals surface area contributed by atoms with Gasteiger partial charge in [0.05, 0.1) is 4.92 Å². The molecular formula is C18H20N4O4. The van der Waals surface area contributed by atoms with Gasteiger partial charge in [0.2, 0.25) is 0 Å². The van der Waals surface area contributed by atoms with E-state index in [0.717, 1.165) is 25.2 Å². The minimum Gasteiger partial charge on any atom is -0.371 e. The van der Waals surface area contributed by atoms with Crippen molar-refractivity contribution in [1.82, 2.24) is 10.3 Å². The van der Waals surface area contributed by atoms with Gasteiger partial charge in [-0.05, 0) is 37.5 Å². The molecule has 1 fully saturated rings. The standard InChI is InChI=1S/C18H20N4O4/c1-12-9-15(16(22(25)26)18(24)20-12)17(23)19-10-13-7-8-21(11-13)14-5-3-2-4-6-14/h2-6,9,13H,7-8,10-11H2,1H3,(H,19,23)(H,20,24)/t13-/m0/s1. The lowest BCUT2D eigenvalue weighted by Crippen LogP contribution is -2.32. The SMILES string of the molecule is Cc1cc(C(=O)NC[C@@H]2CCN(c3ccccc3)C2)c([N+](=O)[O-])c(=O)[nH]1. The van der Waals surface area contributed by atoms with E-state index in [0.29, 0.717) is 12.2 Å². The molecule has 1 aliphatic rings. The summed E-state index contributed by atoms with van der Waals surface area (Å²) in [5, 5.41) is 13.9. The number of nitrogens with zero attached hydrogens (tertiary/aromatic N) is 2. The number of carbonyl (C=O) groups is 1. The quantitative estimate of drug-likeness (QED) is 0.628. The van der Waals surface area contributed by atoms with Crippen LogP contribution in [0.4, 0.5) is 11.4 Å². The van der Waals surface area contributed by atoms with Crippen LogP contribution in [0.3, 0.4) is 0 Å². The number of aryl methyl sites for hydroxylation is 1. The molecule has 2 heterocycles. The minimum atomic E-state index is -0.865. The molecule has 1 aromatic heterocycles. The first-order chi connectivity index (χ1) is 12.5. The van der Waals surface area contributed by atoms with Crippen molar-refractivity contribution in [2.45, 2.75) is 13.3 Å². The van der Waals surface area contributed by atoms with E-state index < -0.39 is 22.1 Å². The number of nitrogens with one attached hydrogen (secondary N) is 2. The number of aromatic nitrogens is 1. The first-order valence-corrected chi connectivity index (χ1v) is 8.42. The van der Waals surface area contributed by atoms with Crippen LogP contribution >= 0.6 is 0 Å². The molecule has 26 heavy (non-hydrogen) atoms. The molecule has 1 saturated heterocycles. The third-order valence-electron chi connectivity index (χ3n) is 4.53. The van der Waals surface area contributed by atoms with Crippen LogP contribution in [0, 0.1) is 23.0 Å². The lowest BCUT2D eigenvalue weighted by Gasteiger charge is -2.18. The molecular weight excluding hydrogens is 336 g/mol. The van der Waals surface area contributed by atoms with Crippen molar-refractivity contribution in [3.63, 3.8) is 0 Å². The molecule has 1 aliphatic heterocycles. The summed E-state index contributed by atoms with van der Waals surface area (Å²) in [7, 11) is 0. The second-order valence-corrected chi connectivity index (χ2v) is 6.45. The van der Waals surface area contributed by atoms with Crippen LogP contribution in [0.5, 0.6) is 0 Å². The van der Waals surface area contributed by atoms with Gasteiger partial charge in [0.1, 0.15) is 5.56 Å². The Hall–Kier alpha value is -3.16. The fraction of sp³-hybridized carbons (Fsp3) is 0.333. The van der Waals surface area contributed by atoms with E-state index in [2.05, 4.69) is 15.2 Å². The van der Waals surface area contributed by atoms with Crippen LogP contribution in [0.25, 0.3) is 0 Å². The van der Waals surface area contributed by atoms with Gasteiger partial charge in [-0.25, -0.2) is 0 Å². The first-order valence-electron chi connectivity index (χ1n) is 8.42. The molecule has 0 spiro atoms. The average Bonchev–Trinajstić information content (AvgIpc) is 3.08. The highest BCUT2D eigenvalue weighted by atomic mass is 16.6. The summed E-state index contributed by atoms with van der Waals surface area (Å²) in [6.45, 7) is 3.69. The third-order valence-corrected chi connectivity index (χ3v) is 4.53. The van der Waals surface area contributed by atoms with Gasteiger partial charge in [0.15, 0.2) is 0 Å². The van der Waals surface area contributed by atoms with Gasteiger partial charge in [-0.1, -0.05) is 18.2 Å². The number of para-hydroxylation sites is 1. The Bertz CT molecular complexity index is 879. The maximum Gasteiger partial charge on any atom is 0.346 e. The second kappa shape index (κ2) is 7.38. The van der Waals surface area contributed by atoms with Crippen LogP contribution in [-0.4, -0.2) is 35.4 Å². The van der Waals surface area contributed by atoms with E-state index in [4.69, 9.17) is 0 Å². The summed E-state index contributed by atoms with van der Waals surface area (Å²) < 4.78 is 0. The summed E-state index contributed by atoms with van der Waals surface area (Å²) in [6, 6.07) is 11.4. The molecule has 0 saturated carbocycles. The van der Waals surface area contributed by atoms with E-state index in [9.17, 15) is 19.7 Å².